The molecule has 0 fully saturated rings. The van der Waals surface area contributed by atoms with Gasteiger partial charge in [0, 0.05) is 4.47 Å². The van der Waals surface area contributed by atoms with Crippen LogP contribution < -0.4 is 4.72 Å². The largest absolute Gasteiger partial charge is 0.478 e. The Hall–Kier alpha value is -1.30. The van der Waals surface area contributed by atoms with Crippen molar-refractivity contribution < 1.29 is 18.3 Å². The second kappa shape index (κ2) is 4.91. The highest BCUT2D eigenvalue weighted by Gasteiger charge is 2.20. The minimum atomic E-state index is -4.07. The molecular weight excluding hydrogens is 336 g/mol. The zero-order chi connectivity index (χ0) is 13.2. The number of sulfonamides is 1. The number of hydrogen-bond acceptors (Lipinski definition) is 4. The molecule has 2 N–H and O–H groups in total. The van der Waals surface area contributed by atoms with Crippen LogP contribution in [0.4, 0.5) is 0 Å². The number of rotatable bonds is 3. The van der Waals surface area contributed by atoms with E-state index >= 15 is 0 Å². The topological polar surface area (TPSA) is 107 Å². The highest BCUT2D eigenvalue weighted by atomic mass is 79.9. The van der Waals surface area contributed by atoms with Crippen molar-refractivity contribution in [1.29, 1.82) is 5.26 Å². The second-order valence-corrected chi connectivity index (χ2v) is 5.70. The number of carboxylic acid groups (broad SMARTS) is 1. The van der Waals surface area contributed by atoms with E-state index in [9.17, 15) is 13.2 Å². The third-order valence-electron chi connectivity index (χ3n) is 1.72. The Kier molecular flexibility index (Phi) is 3.98. The van der Waals surface area contributed by atoms with Crippen molar-refractivity contribution in [2.24, 2.45) is 0 Å². The molecular formula is C8H4BrClN2O4S. The van der Waals surface area contributed by atoms with E-state index in [2.05, 4.69) is 15.9 Å². The van der Waals surface area contributed by atoms with Gasteiger partial charge in [-0.15, -0.1) is 0 Å². The molecule has 90 valence electrons. The van der Waals surface area contributed by atoms with E-state index < -0.39 is 16.0 Å². The summed E-state index contributed by atoms with van der Waals surface area (Å²) in [6.07, 6.45) is 1.26. The van der Waals surface area contributed by atoms with Crippen molar-refractivity contribution in [2.45, 2.75) is 4.90 Å². The van der Waals surface area contributed by atoms with Crippen LogP contribution in [0.3, 0.4) is 0 Å². The number of aromatic carboxylic acids is 1. The number of carboxylic acids is 1. The standard InChI is InChI=1S/C8H4BrClN2O4S/c9-6-2-4(17(15,16)12-3-11)1-5(7(6)10)8(13)14/h1-2,12H,(H,13,14). The fraction of sp³-hybridized carbons (Fsp3) is 0. The van der Waals surface area contributed by atoms with E-state index in [1.165, 1.54) is 6.19 Å². The van der Waals surface area contributed by atoms with Crippen molar-refractivity contribution >= 4 is 43.5 Å². The Morgan fingerprint density at radius 2 is 2.12 bits per heavy atom. The van der Waals surface area contributed by atoms with Gasteiger partial charge in [0.1, 0.15) is 0 Å². The lowest BCUT2D eigenvalue weighted by molar-refractivity contribution is 0.0696. The van der Waals surface area contributed by atoms with Gasteiger partial charge in [0.05, 0.1) is 15.5 Å². The quantitative estimate of drug-likeness (QED) is 0.642. The molecule has 9 heteroatoms. The fourth-order valence-corrected chi connectivity index (χ4v) is 2.58. The highest BCUT2D eigenvalue weighted by molar-refractivity contribution is 9.10. The molecule has 0 aliphatic heterocycles. The maximum atomic E-state index is 11.5. The van der Waals surface area contributed by atoms with E-state index in [-0.39, 0.29) is 20.0 Å². The predicted molar refractivity (Wildman–Crippen MR) is 62.0 cm³/mol. The Balaban J connectivity index is 3.50. The monoisotopic (exact) mass is 338 g/mol. The molecule has 0 aliphatic carbocycles. The van der Waals surface area contributed by atoms with Gasteiger partial charge in [-0.1, -0.05) is 11.6 Å². The SMILES string of the molecule is N#CNS(=O)(=O)c1cc(Br)c(Cl)c(C(=O)O)c1. The van der Waals surface area contributed by atoms with Crippen LogP contribution in [-0.2, 0) is 10.0 Å². The molecule has 0 heterocycles. The molecule has 0 atom stereocenters. The molecule has 0 aliphatic rings. The van der Waals surface area contributed by atoms with E-state index in [1.807, 2.05) is 0 Å². The summed E-state index contributed by atoms with van der Waals surface area (Å²) in [6.45, 7) is 0. The van der Waals surface area contributed by atoms with Crippen molar-refractivity contribution in [3.05, 3.63) is 27.2 Å². The molecule has 0 spiro atoms. The van der Waals surface area contributed by atoms with Crippen LogP contribution in [-0.4, -0.2) is 19.5 Å². The van der Waals surface area contributed by atoms with E-state index in [0.29, 0.717) is 0 Å². The highest BCUT2D eigenvalue weighted by Crippen LogP contribution is 2.29. The third-order valence-corrected chi connectivity index (χ3v) is 4.20. The summed E-state index contributed by atoms with van der Waals surface area (Å²) >= 11 is 8.62. The number of nitrogens with zero attached hydrogens (tertiary/aromatic N) is 1. The summed E-state index contributed by atoms with van der Waals surface area (Å²) in [6, 6.07) is 1.98. The van der Waals surface area contributed by atoms with Gasteiger partial charge in [0.15, 0.2) is 6.19 Å². The molecule has 0 radical (unpaired) electrons. The lowest BCUT2D eigenvalue weighted by Crippen LogP contribution is -2.18. The minimum Gasteiger partial charge on any atom is -0.478 e. The normalized spacial score (nSPS) is 10.6. The van der Waals surface area contributed by atoms with E-state index in [1.54, 1.807) is 4.72 Å². The molecule has 17 heavy (non-hydrogen) atoms. The van der Waals surface area contributed by atoms with Crippen molar-refractivity contribution in [1.82, 2.24) is 4.72 Å². The number of hydrogen-bond donors (Lipinski definition) is 2. The molecule has 1 aromatic carbocycles. The zero-order valence-corrected chi connectivity index (χ0v) is 11.1. The molecule has 0 bridgehead atoms. The number of carbonyl (C=O) groups is 1. The predicted octanol–water partition coefficient (Wildman–Crippen LogP) is 1.56. The molecule has 0 amide bonds. The Labute approximate surface area is 110 Å². The zero-order valence-electron chi connectivity index (χ0n) is 7.94. The second-order valence-electron chi connectivity index (χ2n) is 2.79. The van der Waals surface area contributed by atoms with Crippen molar-refractivity contribution in [3.8, 4) is 6.19 Å². The van der Waals surface area contributed by atoms with Crippen LogP contribution >= 0.6 is 27.5 Å². The third kappa shape index (κ3) is 2.88. The van der Waals surface area contributed by atoms with E-state index in [4.69, 9.17) is 22.0 Å². The number of halogens is 2. The molecule has 0 aromatic heterocycles. The Morgan fingerprint density at radius 3 is 2.59 bits per heavy atom. The van der Waals surface area contributed by atoms with Crippen LogP contribution in [0.1, 0.15) is 10.4 Å². The maximum Gasteiger partial charge on any atom is 0.337 e. The van der Waals surface area contributed by atoms with Crippen LogP contribution in [0.5, 0.6) is 0 Å². The summed E-state index contributed by atoms with van der Waals surface area (Å²) in [7, 11) is -4.07. The molecule has 0 saturated heterocycles. The van der Waals surface area contributed by atoms with Gasteiger partial charge in [-0.3, -0.25) is 0 Å². The first-order valence-electron chi connectivity index (χ1n) is 3.93. The maximum absolute atomic E-state index is 11.5. The fourth-order valence-electron chi connectivity index (χ4n) is 0.994. The van der Waals surface area contributed by atoms with Crippen molar-refractivity contribution in [3.63, 3.8) is 0 Å². The molecule has 0 saturated carbocycles. The first-order valence-corrected chi connectivity index (χ1v) is 6.58. The summed E-state index contributed by atoms with van der Waals surface area (Å²) in [5.41, 5.74) is -0.376. The van der Waals surface area contributed by atoms with E-state index in [0.717, 1.165) is 12.1 Å². The van der Waals surface area contributed by atoms with Gasteiger partial charge >= 0.3 is 5.97 Å². The van der Waals surface area contributed by atoms with Gasteiger partial charge in [0.2, 0.25) is 0 Å². The Morgan fingerprint density at radius 1 is 1.53 bits per heavy atom. The summed E-state index contributed by atoms with van der Waals surface area (Å²) in [5, 5.41) is 17.0. The average Bonchev–Trinajstić information content (AvgIpc) is 2.21. The number of nitrogens with one attached hydrogen (secondary N) is 1. The smallest absolute Gasteiger partial charge is 0.337 e. The van der Waals surface area contributed by atoms with Gasteiger partial charge in [-0.05, 0) is 28.1 Å². The lowest BCUT2D eigenvalue weighted by Gasteiger charge is -2.06. The van der Waals surface area contributed by atoms with Gasteiger partial charge in [-0.2, -0.15) is 5.26 Å². The van der Waals surface area contributed by atoms with Crippen LogP contribution in [0, 0.1) is 11.5 Å². The Bertz CT molecular complexity index is 623. The first-order chi connectivity index (χ1) is 7.79. The summed E-state index contributed by atoms with van der Waals surface area (Å²) in [4.78, 5) is 10.5. The molecule has 1 aromatic rings. The molecule has 6 nitrogen and oxygen atoms in total. The van der Waals surface area contributed by atoms with Crippen LogP contribution in [0.15, 0.2) is 21.5 Å². The van der Waals surface area contributed by atoms with Gasteiger partial charge in [0.25, 0.3) is 10.0 Å². The van der Waals surface area contributed by atoms with Crippen LogP contribution in [0.2, 0.25) is 5.02 Å². The summed E-state index contributed by atoms with van der Waals surface area (Å²) < 4.78 is 24.6. The minimum absolute atomic E-state index is 0.109. The average molecular weight is 340 g/mol. The van der Waals surface area contributed by atoms with Gasteiger partial charge < -0.3 is 5.11 Å². The van der Waals surface area contributed by atoms with Gasteiger partial charge in [-0.25, -0.2) is 17.9 Å². The van der Waals surface area contributed by atoms with Crippen molar-refractivity contribution in [2.75, 3.05) is 0 Å². The van der Waals surface area contributed by atoms with Crippen LogP contribution in [0.25, 0.3) is 0 Å². The first kappa shape index (κ1) is 13.8. The number of nitriles is 1. The lowest BCUT2D eigenvalue weighted by atomic mass is 10.2. The number of benzene rings is 1. The molecule has 0 unspecified atom stereocenters. The molecule has 1 rings (SSSR count). The summed E-state index contributed by atoms with van der Waals surface area (Å²) in [5.74, 6) is -1.37.